The highest BCUT2D eigenvalue weighted by Crippen LogP contribution is 2.32. The Hall–Kier alpha value is -1.85. The number of nitrogens with one attached hydrogen (secondary N) is 2. The maximum Gasteiger partial charge on any atom is 0.329 e. The van der Waals surface area contributed by atoms with Crippen LogP contribution in [-0.2, 0) is 4.79 Å². The molecule has 0 aromatic carbocycles. The average Bonchev–Trinajstić information content (AvgIpc) is 2.51. The zero-order chi connectivity index (χ0) is 12.6. The molecule has 1 fully saturated rings. The lowest BCUT2D eigenvalue weighted by molar-refractivity contribution is -0.148. The lowest BCUT2D eigenvalue weighted by atomic mass is 9.76. The summed E-state index contributed by atoms with van der Waals surface area (Å²) >= 11 is 0. The summed E-state index contributed by atoms with van der Waals surface area (Å²) in [5.41, 5.74) is 0.602. The topological polar surface area (TPSA) is 95.1 Å². The van der Waals surface area contributed by atoms with Crippen molar-refractivity contribution in [1.82, 2.24) is 15.5 Å². The minimum absolute atomic E-state index is 0.365. The van der Waals surface area contributed by atoms with Crippen LogP contribution in [0.1, 0.15) is 41.0 Å². The molecule has 1 aliphatic carbocycles. The van der Waals surface area contributed by atoms with E-state index in [9.17, 15) is 9.59 Å². The van der Waals surface area contributed by atoms with E-state index in [4.69, 9.17) is 5.11 Å². The number of carbonyl (C=O) groups excluding carboxylic acids is 1. The predicted octanol–water partition coefficient (Wildman–Crippen LogP) is 0.764. The molecule has 92 valence electrons. The van der Waals surface area contributed by atoms with Gasteiger partial charge in [-0.25, -0.2) is 4.79 Å². The standard InChI is InChI=1S/C11H15N3O3/c1-6-8(7(2)14-13-6)9(15)12-11(10(16)17)4-3-5-11/h3-5H2,1-2H3,(H,12,15)(H,13,14)(H,16,17). The predicted molar refractivity (Wildman–Crippen MR) is 59.7 cm³/mol. The van der Waals surface area contributed by atoms with Crippen molar-refractivity contribution in [2.24, 2.45) is 0 Å². The Morgan fingerprint density at radius 1 is 1.41 bits per heavy atom. The molecule has 1 heterocycles. The van der Waals surface area contributed by atoms with Crippen molar-refractivity contribution < 1.29 is 14.7 Å². The van der Waals surface area contributed by atoms with Crippen LogP contribution in [0.4, 0.5) is 0 Å². The highest BCUT2D eigenvalue weighted by molar-refractivity contribution is 5.99. The van der Waals surface area contributed by atoms with Crippen molar-refractivity contribution in [2.45, 2.75) is 38.6 Å². The number of H-pyrrole nitrogens is 1. The van der Waals surface area contributed by atoms with E-state index in [1.54, 1.807) is 13.8 Å². The molecular weight excluding hydrogens is 222 g/mol. The van der Waals surface area contributed by atoms with Gasteiger partial charge in [-0.3, -0.25) is 9.89 Å². The molecule has 1 saturated carbocycles. The summed E-state index contributed by atoms with van der Waals surface area (Å²) in [6.07, 6.45) is 1.81. The third kappa shape index (κ3) is 1.79. The Balaban J connectivity index is 2.20. The summed E-state index contributed by atoms with van der Waals surface area (Å²) < 4.78 is 0. The number of nitrogens with zero attached hydrogens (tertiary/aromatic N) is 1. The van der Waals surface area contributed by atoms with Crippen LogP contribution >= 0.6 is 0 Å². The summed E-state index contributed by atoms with van der Waals surface area (Å²) in [4.78, 5) is 23.2. The third-order valence-electron chi connectivity index (χ3n) is 3.32. The number of aryl methyl sites for hydroxylation is 2. The molecule has 1 aliphatic rings. The first-order valence-electron chi connectivity index (χ1n) is 5.54. The molecule has 0 saturated heterocycles. The van der Waals surface area contributed by atoms with Gasteiger partial charge in [-0.1, -0.05) is 0 Å². The van der Waals surface area contributed by atoms with E-state index in [1.807, 2.05) is 0 Å². The molecule has 1 aromatic rings. The van der Waals surface area contributed by atoms with Crippen LogP contribution < -0.4 is 5.32 Å². The molecule has 0 radical (unpaired) electrons. The fourth-order valence-corrected chi connectivity index (χ4v) is 2.09. The third-order valence-corrected chi connectivity index (χ3v) is 3.32. The van der Waals surface area contributed by atoms with Gasteiger partial charge < -0.3 is 10.4 Å². The summed E-state index contributed by atoms with van der Waals surface area (Å²) in [7, 11) is 0. The maximum absolute atomic E-state index is 12.0. The van der Waals surface area contributed by atoms with E-state index in [2.05, 4.69) is 15.5 Å². The number of carboxylic acids is 1. The Kier molecular flexibility index (Phi) is 2.65. The zero-order valence-electron chi connectivity index (χ0n) is 9.83. The molecule has 0 atom stereocenters. The molecular formula is C11H15N3O3. The number of carboxylic acid groups (broad SMARTS) is 1. The number of carbonyl (C=O) groups is 2. The quantitative estimate of drug-likeness (QED) is 0.723. The van der Waals surface area contributed by atoms with E-state index in [-0.39, 0.29) is 5.91 Å². The van der Waals surface area contributed by atoms with Crippen molar-refractivity contribution in [2.75, 3.05) is 0 Å². The van der Waals surface area contributed by atoms with Gasteiger partial charge in [-0.2, -0.15) is 5.10 Å². The Labute approximate surface area is 98.4 Å². The molecule has 0 spiro atoms. The van der Waals surface area contributed by atoms with E-state index < -0.39 is 11.5 Å². The number of amides is 1. The number of rotatable bonds is 3. The van der Waals surface area contributed by atoms with Gasteiger partial charge >= 0.3 is 5.97 Å². The van der Waals surface area contributed by atoms with Crippen molar-refractivity contribution in [3.63, 3.8) is 0 Å². The second-order valence-corrected chi connectivity index (χ2v) is 4.50. The number of hydrogen-bond acceptors (Lipinski definition) is 3. The van der Waals surface area contributed by atoms with Gasteiger partial charge in [0.05, 0.1) is 11.3 Å². The normalized spacial score (nSPS) is 17.3. The van der Waals surface area contributed by atoms with Crippen LogP contribution in [0.3, 0.4) is 0 Å². The molecule has 6 heteroatoms. The Morgan fingerprint density at radius 2 is 2.06 bits per heavy atom. The van der Waals surface area contributed by atoms with Gasteiger partial charge in [-0.05, 0) is 33.1 Å². The second kappa shape index (κ2) is 3.87. The minimum Gasteiger partial charge on any atom is -0.480 e. The number of aliphatic carboxylic acids is 1. The van der Waals surface area contributed by atoms with Gasteiger partial charge in [0, 0.05) is 5.69 Å². The first kappa shape index (κ1) is 11.6. The molecule has 0 unspecified atom stereocenters. The molecule has 6 nitrogen and oxygen atoms in total. The van der Waals surface area contributed by atoms with Crippen molar-refractivity contribution >= 4 is 11.9 Å². The first-order chi connectivity index (χ1) is 7.96. The molecule has 0 bridgehead atoms. The number of aromatic amines is 1. The fraction of sp³-hybridized carbons (Fsp3) is 0.545. The number of aromatic nitrogens is 2. The van der Waals surface area contributed by atoms with E-state index >= 15 is 0 Å². The van der Waals surface area contributed by atoms with E-state index in [0.717, 1.165) is 6.42 Å². The lowest BCUT2D eigenvalue weighted by Gasteiger charge is -2.38. The van der Waals surface area contributed by atoms with Crippen molar-refractivity contribution in [1.29, 1.82) is 0 Å². The zero-order valence-corrected chi connectivity index (χ0v) is 9.83. The molecule has 2 rings (SSSR count). The van der Waals surface area contributed by atoms with Gasteiger partial charge in [0.15, 0.2) is 0 Å². The van der Waals surface area contributed by atoms with Gasteiger partial charge in [0.25, 0.3) is 5.91 Å². The monoisotopic (exact) mass is 237 g/mol. The van der Waals surface area contributed by atoms with Gasteiger partial charge in [-0.15, -0.1) is 0 Å². The summed E-state index contributed by atoms with van der Waals surface area (Å²) in [6.45, 7) is 3.45. The van der Waals surface area contributed by atoms with Gasteiger partial charge in [0.2, 0.25) is 0 Å². The molecule has 1 aromatic heterocycles. The number of hydrogen-bond donors (Lipinski definition) is 3. The van der Waals surface area contributed by atoms with Crippen LogP contribution in [0, 0.1) is 13.8 Å². The lowest BCUT2D eigenvalue weighted by Crippen LogP contribution is -2.59. The van der Waals surface area contributed by atoms with Crippen LogP contribution in [0.5, 0.6) is 0 Å². The SMILES string of the molecule is Cc1n[nH]c(C)c1C(=O)NC1(C(=O)O)CCC1. The first-order valence-corrected chi connectivity index (χ1v) is 5.54. The van der Waals surface area contributed by atoms with Crippen LogP contribution in [0.2, 0.25) is 0 Å². The highest BCUT2D eigenvalue weighted by Gasteiger charge is 2.46. The Morgan fingerprint density at radius 3 is 2.41 bits per heavy atom. The Bertz CT molecular complexity index is 455. The smallest absolute Gasteiger partial charge is 0.329 e. The van der Waals surface area contributed by atoms with Crippen molar-refractivity contribution in [3.8, 4) is 0 Å². The maximum atomic E-state index is 12.0. The second-order valence-electron chi connectivity index (χ2n) is 4.50. The minimum atomic E-state index is -1.08. The summed E-state index contributed by atoms with van der Waals surface area (Å²) in [5, 5.41) is 18.4. The molecule has 1 amide bonds. The fourth-order valence-electron chi connectivity index (χ4n) is 2.09. The average molecular weight is 237 g/mol. The molecule has 0 aliphatic heterocycles. The van der Waals surface area contributed by atoms with Crippen molar-refractivity contribution in [3.05, 3.63) is 17.0 Å². The van der Waals surface area contributed by atoms with Gasteiger partial charge in [0.1, 0.15) is 5.54 Å². The summed E-state index contributed by atoms with van der Waals surface area (Å²) in [5.74, 6) is -1.33. The van der Waals surface area contributed by atoms with E-state index in [0.29, 0.717) is 29.8 Å². The van der Waals surface area contributed by atoms with E-state index in [1.165, 1.54) is 0 Å². The molecule has 3 N–H and O–H groups in total. The van der Waals surface area contributed by atoms with Crippen LogP contribution in [0.25, 0.3) is 0 Å². The highest BCUT2D eigenvalue weighted by atomic mass is 16.4. The molecule has 17 heavy (non-hydrogen) atoms. The summed E-state index contributed by atoms with van der Waals surface area (Å²) in [6, 6.07) is 0. The van der Waals surface area contributed by atoms with Crippen LogP contribution in [0.15, 0.2) is 0 Å². The largest absolute Gasteiger partial charge is 0.480 e. The van der Waals surface area contributed by atoms with Crippen LogP contribution in [-0.4, -0.2) is 32.7 Å².